The lowest BCUT2D eigenvalue weighted by atomic mass is 11.1. The van der Waals surface area contributed by atoms with Gasteiger partial charge in [-0.1, -0.05) is 0 Å². The summed E-state index contributed by atoms with van der Waals surface area (Å²) in [5, 5.41) is 1.58. The number of hydrogen-bond acceptors (Lipinski definition) is 2. The Morgan fingerprint density at radius 3 is 2.50 bits per heavy atom. The molecule has 0 aliphatic heterocycles. The van der Waals surface area contributed by atoms with Gasteiger partial charge in [0.2, 0.25) is 0 Å². The Bertz CT molecular complexity index is 59.2. The molecule has 0 rings (SSSR count). The van der Waals surface area contributed by atoms with Crippen molar-refractivity contribution >= 4 is 39.4 Å². The SMILES string of the molecule is S/C=C\N=C/I. The highest BCUT2D eigenvalue weighted by atomic mass is 127. The fourth-order valence-electron chi connectivity index (χ4n) is 0.0710. The maximum atomic E-state index is 3.76. The van der Waals surface area contributed by atoms with Crippen molar-refractivity contribution in [1.29, 1.82) is 0 Å². The fourth-order valence-corrected chi connectivity index (χ4v) is 0.334. The zero-order valence-corrected chi connectivity index (χ0v) is 6.06. The minimum absolute atomic E-state index is 1.58. The summed E-state index contributed by atoms with van der Waals surface area (Å²) in [5.41, 5.74) is 0. The van der Waals surface area contributed by atoms with Gasteiger partial charge in [-0.05, 0) is 28.0 Å². The van der Waals surface area contributed by atoms with Crippen molar-refractivity contribution in [3.05, 3.63) is 11.6 Å². The monoisotopic (exact) mass is 213 g/mol. The van der Waals surface area contributed by atoms with Crippen molar-refractivity contribution in [3.8, 4) is 0 Å². The van der Waals surface area contributed by atoms with Crippen LogP contribution in [0, 0.1) is 0 Å². The van der Waals surface area contributed by atoms with Crippen LogP contribution in [0.3, 0.4) is 0 Å². The molecule has 0 aromatic rings. The molecule has 0 saturated heterocycles. The number of thiol groups is 1. The van der Waals surface area contributed by atoms with Gasteiger partial charge in [-0.2, -0.15) is 0 Å². The van der Waals surface area contributed by atoms with Crippen LogP contribution in [0.1, 0.15) is 0 Å². The van der Waals surface area contributed by atoms with Gasteiger partial charge in [0.25, 0.3) is 0 Å². The van der Waals surface area contributed by atoms with Crippen LogP contribution in [0.15, 0.2) is 16.6 Å². The van der Waals surface area contributed by atoms with E-state index >= 15 is 0 Å². The molecule has 0 aromatic heterocycles. The average molecular weight is 213 g/mol. The van der Waals surface area contributed by atoms with Gasteiger partial charge in [-0.15, -0.1) is 12.6 Å². The third-order valence-corrected chi connectivity index (χ3v) is 0.664. The largest absolute Gasteiger partial charge is 0.258 e. The quantitative estimate of drug-likeness (QED) is 0.387. The number of aliphatic imine (C=N–C) groups is 1. The van der Waals surface area contributed by atoms with E-state index in [1.807, 2.05) is 22.6 Å². The average Bonchev–Trinajstić information content (AvgIpc) is 1.61. The third kappa shape index (κ3) is 4.49. The zero-order chi connectivity index (χ0) is 4.83. The molecule has 0 N–H and O–H groups in total. The van der Waals surface area contributed by atoms with Gasteiger partial charge >= 0.3 is 0 Å². The molecule has 0 radical (unpaired) electrons. The third-order valence-electron chi connectivity index (χ3n) is 0.209. The summed E-state index contributed by atoms with van der Waals surface area (Å²) in [6.45, 7) is 0. The standard InChI is InChI=1S/C3H4INS/c4-3-5-1-2-6/h1-3,6H/b2-1-,5-3-. The first-order valence-corrected chi connectivity index (χ1v) is 3.09. The van der Waals surface area contributed by atoms with Gasteiger partial charge in [0.1, 0.15) is 0 Å². The molecule has 0 atom stereocenters. The smallest absolute Gasteiger partial charge is 0.0651 e. The first-order valence-electron chi connectivity index (χ1n) is 1.33. The molecule has 34 valence electrons. The zero-order valence-electron chi connectivity index (χ0n) is 3.00. The molecule has 0 saturated carbocycles. The minimum Gasteiger partial charge on any atom is -0.258 e. The van der Waals surface area contributed by atoms with Gasteiger partial charge < -0.3 is 0 Å². The Balaban J connectivity index is 3.07. The summed E-state index contributed by atoms with van der Waals surface area (Å²) in [5.74, 6) is 0. The molecule has 0 heterocycles. The van der Waals surface area contributed by atoms with Crippen LogP contribution in [-0.2, 0) is 0 Å². The first-order chi connectivity index (χ1) is 2.91. The Labute approximate surface area is 56.1 Å². The lowest BCUT2D eigenvalue weighted by Gasteiger charge is -1.62. The molecule has 6 heavy (non-hydrogen) atoms. The van der Waals surface area contributed by atoms with Crippen LogP contribution >= 0.6 is 35.2 Å². The summed E-state index contributed by atoms with van der Waals surface area (Å²) < 4.78 is 1.67. The van der Waals surface area contributed by atoms with Crippen LogP contribution in [0.25, 0.3) is 0 Å². The van der Waals surface area contributed by atoms with Crippen LogP contribution in [-0.4, -0.2) is 4.22 Å². The molecule has 1 nitrogen and oxygen atoms in total. The van der Waals surface area contributed by atoms with Crippen LogP contribution in [0.5, 0.6) is 0 Å². The summed E-state index contributed by atoms with van der Waals surface area (Å²) in [6.07, 6.45) is 1.61. The number of rotatable bonds is 1. The number of halogens is 1. The van der Waals surface area contributed by atoms with Crippen molar-refractivity contribution in [3.63, 3.8) is 0 Å². The van der Waals surface area contributed by atoms with Crippen molar-refractivity contribution in [1.82, 2.24) is 0 Å². The summed E-state index contributed by atoms with van der Waals surface area (Å²) in [6, 6.07) is 0. The highest BCUT2D eigenvalue weighted by Gasteiger charge is 1.50. The van der Waals surface area contributed by atoms with E-state index in [1.165, 1.54) is 0 Å². The Kier molecular flexibility index (Phi) is 5.94. The predicted molar refractivity (Wildman–Crippen MR) is 40.6 cm³/mol. The number of hydrogen-bond donors (Lipinski definition) is 1. The molecule has 0 aliphatic rings. The summed E-state index contributed by atoms with van der Waals surface area (Å²) in [7, 11) is 0. The Hall–Kier alpha value is 0.490. The molecule has 0 spiro atoms. The lowest BCUT2D eigenvalue weighted by Crippen LogP contribution is -1.42. The highest BCUT2D eigenvalue weighted by molar-refractivity contribution is 14.1. The van der Waals surface area contributed by atoms with E-state index in [0.717, 1.165) is 0 Å². The predicted octanol–water partition coefficient (Wildman–Crippen LogP) is 1.85. The maximum absolute atomic E-state index is 3.76. The van der Waals surface area contributed by atoms with Gasteiger partial charge in [0.15, 0.2) is 0 Å². The molecule has 0 aromatic carbocycles. The van der Waals surface area contributed by atoms with Crippen LogP contribution in [0.4, 0.5) is 0 Å². The van der Waals surface area contributed by atoms with E-state index in [9.17, 15) is 0 Å². The topological polar surface area (TPSA) is 12.4 Å². The van der Waals surface area contributed by atoms with E-state index in [-0.39, 0.29) is 0 Å². The molecule has 3 heteroatoms. The van der Waals surface area contributed by atoms with Gasteiger partial charge in [-0.3, -0.25) is 4.99 Å². The molecule has 0 amide bonds. The van der Waals surface area contributed by atoms with E-state index in [0.29, 0.717) is 0 Å². The highest BCUT2D eigenvalue weighted by Crippen LogP contribution is 1.78. The van der Waals surface area contributed by atoms with Crippen molar-refractivity contribution in [2.75, 3.05) is 0 Å². The summed E-state index contributed by atoms with van der Waals surface area (Å²) >= 11 is 5.79. The Morgan fingerprint density at radius 1 is 1.67 bits per heavy atom. The van der Waals surface area contributed by atoms with E-state index < -0.39 is 0 Å². The van der Waals surface area contributed by atoms with Gasteiger partial charge in [0.05, 0.1) is 4.22 Å². The molecule has 0 aliphatic carbocycles. The molecule has 0 unspecified atom stereocenters. The van der Waals surface area contributed by atoms with E-state index in [4.69, 9.17) is 0 Å². The number of nitrogens with zero attached hydrogens (tertiary/aromatic N) is 1. The second-order valence-corrected chi connectivity index (χ2v) is 1.40. The first kappa shape index (κ1) is 6.49. The summed E-state index contributed by atoms with van der Waals surface area (Å²) in [4.78, 5) is 3.70. The molecular weight excluding hydrogens is 209 g/mol. The van der Waals surface area contributed by atoms with E-state index in [2.05, 4.69) is 17.6 Å². The van der Waals surface area contributed by atoms with Gasteiger partial charge in [-0.25, -0.2) is 0 Å². The van der Waals surface area contributed by atoms with Crippen molar-refractivity contribution in [2.45, 2.75) is 0 Å². The molecular formula is C3H4INS. The maximum Gasteiger partial charge on any atom is 0.0651 e. The lowest BCUT2D eigenvalue weighted by molar-refractivity contribution is 1.64. The normalized spacial score (nSPS) is 11.7. The second-order valence-electron chi connectivity index (χ2n) is 0.545. The minimum atomic E-state index is 1.58. The van der Waals surface area contributed by atoms with Crippen molar-refractivity contribution in [2.24, 2.45) is 4.99 Å². The van der Waals surface area contributed by atoms with Crippen molar-refractivity contribution < 1.29 is 0 Å². The van der Waals surface area contributed by atoms with E-state index in [1.54, 1.807) is 15.8 Å². The van der Waals surface area contributed by atoms with Crippen LogP contribution < -0.4 is 0 Å². The van der Waals surface area contributed by atoms with Crippen LogP contribution in [0.2, 0.25) is 0 Å². The fraction of sp³-hybridized carbons (Fsp3) is 0. The Morgan fingerprint density at radius 2 is 2.33 bits per heavy atom. The second kappa shape index (κ2) is 5.49. The molecule has 0 fully saturated rings. The molecule has 0 bridgehead atoms. The van der Waals surface area contributed by atoms with Gasteiger partial charge in [0, 0.05) is 6.20 Å².